The summed E-state index contributed by atoms with van der Waals surface area (Å²) in [5.41, 5.74) is 2.45. The second-order valence-electron chi connectivity index (χ2n) is 6.83. The van der Waals surface area contributed by atoms with Crippen LogP contribution in [-0.2, 0) is 13.0 Å². The minimum Gasteiger partial charge on any atom is -0.346 e. The molecule has 0 spiro atoms. The number of nitrogens with one attached hydrogen (secondary N) is 1. The van der Waals surface area contributed by atoms with E-state index in [4.69, 9.17) is 0 Å². The maximum atomic E-state index is 4.50. The van der Waals surface area contributed by atoms with E-state index in [-0.39, 0.29) is 0 Å². The van der Waals surface area contributed by atoms with Crippen molar-refractivity contribution in [3.8, 4) is 0 Å². The highest BCUT2D eigenvalue weighted by molar-refractivity contribution is 9.11. The molecule has 26 heavy (non-hydrogen) atoms. The van der Waals surface area contributed by atoms with Gasteiger partial charge in [0.15, 0.2) is 3.92 Å². The number of aromatic nitrogens is 2. The molecule has 2 aliphatic rings. The highest BCUT2D eigenvalue weighted by Gasteiger charge is 2.20. The van der Waals surface area contributed by atoms with Crippen molar-refractivity contribution in [2.45, 2.75) is 31.8 Å². The average molecular weight is 434 g/mol. The Kier molecular flexibility index (Phi) is 5.99. The van der Waals surface area contributed by atoms with Gasteiger partial charge in [0.05, 0.1) is 11.4 Å². The summed E-state index contributed by atoms with van der Waals surface area (Å²) in [6, 6.07) is 4.83. The Morgan fingerprint density at radius 1 is 1.23 bits per heavy atom. The molecule has 1 N–H and O–H groups in total. The summed E-state index contributed by atoms with van der Waals surface area (Å²) in [5, 5.41) is 3.68. The highest BCUT2D eigenvalue weighted by Crippen LogP contribution is 2.23. The van der Waals surface area contributed by atoms with Crippen LogP contribution < -0.4 is 10.2 Å². The number of piperidine rings is 1. The molecule has 7 heteroatoms. The van der Waals surface area contributed by atoms with Gasteiger partial charge in [0.25, 0.3) is 0 Å². The third-order valence-corrected chi connectivity index (χ3v) is 6.58. The number of halogens is 1. The molecule has 0 saturated carbocycles. The number of pyridine rings is 1. The van der Waals surface area contributed by atoms with E-state index in [1.807, 2.05) is 18.5 Å². The van der Waals surface area contributed by atoms with E-state index in [2.05, 4.69) is 59.4 Å². The quantitative estimate of drug-likeness (QED) is 0.755. The normalized spacial score (nSPS) is 18.3. The van der Waals surface area contributed by atoms with Crippen molar-refractivity contribution in [3.63, 3.8) is 0 Å². The summed E-state index contributed by atoms with van der Waals surface area (Å²) in [6.07, 6.45) is 11.6. The van der Waals surface area contributed by atoms with Gasteiger partial charge in [0.1, 0.15) is 0 Å². The van der Waals surface area contributed by atoms with Crippen LogP contribution in [-0.4, -0.2) is 47.1 Å². The Morgan fingerprint density at radius 3 is 2.92 bits per heavy atom. The molecule has 0 atom stereocenters. The first-order valence-corrected chi connectivity index (χ1v) is 10.8. The van der Waals surface area contributed by atoms with Crippen LogP contribution in [0.3, 0.4) is 0 Å². The molecule has 0 aromatic carbocycles. The topological polar surface area (TPSA) is 44.3 Å². The maximum absolute atomic E-state index is 4.50. The van der Waals surface area contributed by atoms with E-state index in [1.165, 1.54) is 42.2 Å². The molecule has 0 radical (unpaired) electrons. The van der Waals surface area contributed by atoms with E-state index in [0.717, 1.165) is 30.0 Å². The molecule has 0 aliphatic carbocycles. The molecule has 2 aromatic heterocycles. The number of likely N-dealkylation sites (tertiary alicyclic amines) is 1. The first kappa shape index (κ1) is 18.1. The van der Waals surface area contributed by atoms with Crippen molar-refractivity contribution in [2.75, 3.05) is 31.1 Å². The molecule has 1 saturated heterocycles. The zero-order valence-corrected chi connectivity index (χ0v) is 17.2. The molecule has 4 rings (SSSR count). The van der Waals surface area contributed by atoms with Crippen LogP contribution in [0.4, 0.5) is 5.69 Å². The third kappa shape index (κ3) is 4.52. The first-order valence-electron chi connectivity index (χ1n) is 9.21. The molecule has 0 amide bonds. The lowest BCUT2D eigenvalue weighted by Crippen LogP contribution is -2.44. The summed E-state index contributed by atoms with van der Waals surface area (Å²) < 4.78 is 0.965. The number of hydrogen-bond acceptors (Lipinski definition) is 6. The average Bonchev–Trinajstić information content (AvgIpc) is 3.11. The highest BCUT2D eigenvalue weighted by atomic mass is 79.9. The molecule has 138 valence electrons. The predicted molar refractivity (Wildman–Crippen MR) is 111 cm³/mol. The number of nitrogens with zero attached hydrogens (tertiary/aromatic N) is 4. The number of thiazole rings is 1. The molecule has 1 fully saturated rings. The summed E-state index contributed by atoms with van der Waals surface area (Å²) in [6.45, 7) is 5.40. The van der Waals surface area contributed by atoms with E-state index in [1.54, 1.807) is 11.3 Å². The fraction of sp³-hybridized carbons (Fsp3) is 0.474. The van der Waals surface area contributed by atoms with Gasteiger partial charge < -0.3 is 15.1 Å². The Balaban J connectivity index is 1.21. The summed E-state index contributed by atoms with van der Waals surface area (Å²) >= 11 is 5.14. The summed E-state index contributed by atoms with van der Waals surface area (Å²) in [4.78, 5) is 15.0. The van der Waals surface area contributed by atoms with Gasteiger partial charge in [0, 0.05) is 55.6 Å². The largest absolute Gasteiger partial charge is 0.346 e. The van der Waals surface area contributed by atoms with Gasteiger partial charge in [-0.3, -0.25) is 4.98 Å². The molecule has 0 bridgehead atoms. The van der Waals surface area contributed by atoms with Crippen LogP contribution in [0.25, 0.3) is 0 Å². The van der Waals surface area contributed by atoms with Crippen LogP contribution >= 0.6 is 27.3 Å². The first-order chi connectivity index (χ1) is 12.8. The summed E-state index contributed by atoms with van der Waals surface area (Å²) in [7, 11) is 0. The lowest BCUT2D eigenvalue weighted by Gasteiger charge is -2.34. The number of hydrogen-bond donors (Lipinski definition) is 1. The monoisotopic (exact) mass is 433 g/mol. The minimum atomic E-state index is 0.618. The van der Waals surface area contributed by atoms with Gasteiger partial charge in [0.2, 0.25) is 0 Å². The van der Waals surface area contributed by atoms with Gasteiger partial charge in [-0.05, 0) is 54.0 Å². The fourth-order valence-electron chi connectivity index (χ4n) is 3.64. The van der Waals surface area contributed by atoms with Crippen molar-refractivity contribution in [1.29, 1.82) is 0 Å². The molecular formula is C19H24BrN5S. The lowest BCUT2D eigenvalue weighted by molar-refractivity contribution is 0.202. The number of fused-ring (bicyclic) bond motifs is 1. The van der Waals surface area contributed by atoms with E-state index >= 15 is 0 Å². The number of anilines is 1. The Hall–Kier alpha value is -1.28. The second kappa shape index (κ2) is 8.61. The van der Waals surface area contributed by atoms with Crippen LogP contribution in [0.2, 0.25) is 0 Å². The smallest absolute Gasteiger partial charge is 0.159 e. The zero-order valence-electron chi connectivity index (χ0n) is 14.8. The molecule has 4 heterocycles. The lowest BCUT2D eigenvalue weighted by atomic mass is 10.0. The molecule has 2 aromatic rings. The van der Waals surface area contributed by atoms with Gasteiger partial charge in [-0.15, -0.1) is 11.3 Å². The van der Waals surface area contributed by atoms with Crippen LogP contribution in [0.5, 0.6) is 0 Å². The predicted octanol–water partition coefficient (Wildman–Crippen LogP) is 3.43. The van der Waals surface area contributed by atoms with Crippen molar-refractivity contribution in [2.24, 2.45) is 0 Å². The molecule has 2 aliphatic heterocycles. The number of allylic oxidation sites excluding steroid dienone is 1. The zero-order chi connectivity index (χ0) is 17.8. The van der Waals surface area contributed by atoms with Crippen molar-refractivity contribution < 1.29 is 0 Å². The molecule has 0 unspecified atom stereocenters. The Morgan fingerprint density at radius 2 is 2.12 bits per heavy atom. The van der Waals surface area contributed by atoms with E-state index in [0.29, 0.717) is 6.04 Å². The maximum Gasteiger partial charge on any atom is 0.159 e. The summed E-state index contributed by atoms with van der Waals surface area (Å²) in [5.74, 6) is 0. The minimum absolute atomic E-state index is 0.618. The SMILES string of the molecule is Brc1ncc(CNC2CCN(CCN3C=CCc4ncccc43)CC2)s1. The second-order valence-corrected chi connectivity index (χ2v) is 9.22. The Bertz CT molecular complexity index is 754. The van der Waals surface area contributed by atoms with Gasteiger partial charge >= 0.3 is 0 Å². The van der Waals surface area contributed by atoms with Crippen molar-refractivity contribution >= 4 is 33.0 Å². The Labute approximate surface area is 167 Å². The van der Waals surface area contributed by atoms with Crippen LogP contribution in [0.15, 0.2) is 40.7 Å². The van der Waals surface area contributed by atoms with Crippen LogP contribution in [0, 0.1) is 0 Å². The standard InChI is InChI=1S/C19H24BrN5S/c20-19-23-14-16(26-19)13-22-15-5-9-24(10-6-15)11-12-25-8-2-3-17-18(25)4-1-7-21-17/h1-2,4,7-8,14-15,22H,3,5-6,9-13H2. The van der Waals surface area contributed by atoms with Gasteiger partial charge in [-0.25, -0.2) is 4.98 Å². The van der Waals surface area contributed by atoms with Gasteiger partial charge in [-0.2, -0.15) is 0 Å². The third-order valence-electron chi connectivity index (χ3n) is 5.11. The molecular weight excluding hydrogens is 410 g/mol. The van der Waals surface area contributed by atoms with E-state index in [9.17, 15) is 0 Å². The van der Waals surface area contributed by atoms with Gasteiger partial charge in [-0.1, -0.05) is 6.08 Å². The number of rotatable bonds is 6. The van der Waals surface area contributed by atoms with Crippen LogP contribution in [0.1, 0.15) is 23.4 Å². The van der Waals surface area contributed by atoms with Crippen molar-refractivity contribution in [1.82, 2.24) is 20.2 Å². The van der Waals surface area contributed by atoms with E-state index < -0.39 is 0 Å². The fourth-order valence-corrected chi connectivity index (χ4v) is 4.94. The van der Waals surface area contributed by atoms with Crippen molar-refractivity contribution in [3.05, 3.63) is 51.3 Å². The molecule has 5 nitrogen and oxygen atoms in total.